The molecule has 194 valence electrons. The van der Waals surface area contributed by atoms with Crippen molar-refractivity contribution in [2.24, 2.45) is 5.92 Å². The number of aryl methyl sites for hydroxylation is 1. The molecule has 5 rings (SSSR count). The molecule has 6 heteroatoms. The van der Waals surface area contributed by atoms with E-state index in [4.69, 9.17) is 11.6 Å². The van der Waals surface area contributed by atoms with Crippen LogP contribution in [0.2, 0.25) is 5.02 Å². The van der Waals surface area contributed by atoms with Crippen LogP contribution in [0.3, 0.4) is 0 Å². The molecule has 1 heterocycles. The van der Waals surface area contributed by atoms with Gasteiger partial charge >= 0.3 is 0 Å². The van der Waals surface area contributed by atoms with Crippen molar-refractivity contribution in [3.8, 4) is 0 Å². The van der Waals surface area contributed by atoms with E-state index in [1.807, 2.05) is 86.6 Å². The summed E-state index contributed by atoms with van der Waals surface area (Å²) < 4.78 is 0. The van der Waals surface area contributed by atoms with Crippen LogP contribution in [0.1, 0.15) is 36.1 Å². The van der Waals surface area contributed by atoms with E-state index in [0.717, 1.165) is 34.0 Å². The number of fused-ring (bicyclic) bond motifs is 2. The summed E-state index contributed by atoms with van der Waals surface area (Å²) >= 11 is 6.10. The number of hydrogen-bond acceptors (Lipinski definition) is 4. The minimum atomic E-state index is -1.22. The number of amides is 1. The number of carbonyl (C=O) groups is 2. The lowest BCUT2D eigenvalue weighted by atomic mass is 9.80. The summed E-state index contributed by atoms with van der Waals surface area (Å²) in [4.78, 5) is 29.7. The Kier molecular flexibility index (Phi) is 7.50. The molecule has 0 spiro atoms. The van der Waals surface area contributed by atoms with Crippen molar-refractivity contribution in [3.63, 3.8) is 0 Å². The second kappa shape index (κ2) is 11.0. The molecule has 0 radical (unpaired) electrons. The van der Waals surface area contributed by atoms with Gasteiger partial charge in [0, 0.05) is 28.5 Å². The van der Waals surface area contributed by atoms with E-state index < -0.39 is 18.1 Å². The SMILES string of the molecule is CCCN1C(=O)C(C(=O)C(Cc2ccc(Cl)cc2)Nc2ccc3ccccc3c2)C(O)c2c(C)cccc21. The van der Waals surface area contributed by atoms with Gasteiger partial charge in [0.15, 0.2) is 5.78 Å². The molecule has 4 aromatic rings. The first-order chi connectivity index (χ1) is 18.4. The van der Waals surface area contributed by atoms with Crippen LogP contribution in [-0.2, 0) is 16.0 Å². The Morgan fingerprint density at radius 2 is 1.74 bits per heavy atom. The normalized spacial score (nSPS) is 17.8. The van der Waals surface area contributed by atoms with Crippen LogP contribution in [0.15, 0.2) is 84.9 Å². The van der Waals surface area contributed by atoms with Crippen molar-refractivity contribution < 1.29 is 14.7 Å². The van der Waals surface area contributed by atoms with E-state index >= 15 is 0 Å². The van der Waals surface area contributed by atoms with E-state index in [9.17, 15) is 14.7 Å². The van der Waals surface area contributed by atoms with Crippen LogP contribution in [0.5, 0.6) is 0 Å². The van der Waals surface area contributed by atoms with Gasteiger partial charge in [-0.1, -0.05) is 73.1 Å². The maximum atomic E-state index is 14.2. The van der Waals surface area contributed by atoms with Gasteiger partial charge in [0.2, 0.25) is 5.91 Å². The number of benzene rings is 4. The molecule has 0 aliphatic carbocycles. The maximum absolute atomic E-state index is 14.2. The first-order valence-corrected chi connectivity index (χ1v) is 13.4. The Balaban J connectivity index is 1.53. The highest BCUT2D eigenvalue weighted by atomic mass is 35.5. The first-order valence-electron chi connectivity index (χ1n) is 13.0. The lowest BCUT2D eigenvalue weighted by Crippen LogP contribution is -2.51. The van der Waals surface area contributed by atoms with Gasteiger partial charge in [-0.2, -0.15) is 0 Å². The number of nitrogens with one attached hydrogen (secondary N) is 1. The summed E-state index contributed by atoms with van der Waals surface area (Å²) in [7, 11) is 0. The molecular weight excluding hydrogens is 496 g/mol. The highest BCUT2D eigenvalue weighted by Crippen LogP contribution is 2.41. The molecule has 2 N–H and O–H groups in total. The molecule has 0 aromatic heterocycles. The third kappa shape index (κ3) is 5.04. The van der Waals surface area contributed by atoms with Gasteiger partial charge in [0.25, 0.3) is 0 Å². The zero-order chi connectivity index (χ0) is 26.8. The molecule has 5 nitrogen and oxygen atoms in total. The second-order valence-electron chi connectivity index (χ2n) is 9.91. The monoisotopic (exact) mass is 526 g/mol. The molecule has 0 fully saturated rings. The van der Waals surface area contributed by atoms with Gasteiger partial charge in [-0.25, -0.2) is 0 Å². The molecule has 3 atom stereocenters. The number of carbonyl (C=O) groups excluding carboxylic acids is 2. The van der Waals surface area contributed by atoms with Crippen molar-refractivity contribution in [3.05, 3.63) is 107 Å². The van der Waals surface area contributed by atoms with Crippen molar-refractivity contribution in [1.29, 1.82) is 0 Å². The summed E-state index contributed by atoms with van der Waals surface area (Å²) in [5.74, 6) is -1.90. The zero-order valence-corrected chi connectivity index (χ0v) is 22.3. The zero-order valence-electron chi connectivity index (χ0n) is 21.5. The van der Waals surface area contributed by atoms with Crippen molar-refractivity contribution in [1.82, 2.24) is 0 Å². The fourth-order valence-electron chi connectivity index (χ4n) is 5.38. The molecule has 4 aromatic carbocycles. The third-order valence-electron chi connectivity index (χ3n) is 7.28. The van der Waals surface area contributed by atoms with Gasteiger partial charge in [0.1, 0.15) is 5.92 Å². The van der Waals surface area contributed by atoms with Crippen LogP contribution in [0, 0.1) is 12.8 Å². The van der Waals surface area contributed by atoms with Crippen molar-refractivity contribution in [2.75, 3.05) is 16.8 Å². The van der Waals surface area contributed by atoms with E-state index in [-0.39, 0.29) is 11.7 Å². The summed E-state index contributed by atoms with van der Waals surface area (Å²) in [6.45, 7) is 4.38. The number of anilines is 2. The van der Waals surface area contributed by atoms with Crippen LogP contribution in [-0.4, -0.2) is 29.4 Å². The molecule has 1 aliphatic heterocycles. The Bertz CT molecular complexity index is 1480. The lowest BCUT2D eigenvalue weighted by molar-refractivity contribution is -0.138. The van der Waals surface area contributed by atoms with E-state index in [1.165, 1.54) is 0 Å². The topological polar surface area (TPSA) is 69.6 Å². The predicted molar refractivity (Wildman–Crippen MR) is 154 cm³/mol. The van der Waals surface area contributed by atoms with Gasteiger partial charge in [-0.05, 0) is 72.0 Å². The van der Waals surface area contributed by atoms with Crippen LogP contribution in [0.4, 0.5) is 11.4 Å². The average molecular weight is 527 g/mol. The summed E-state index contributed by atoms with van der Waals surface area (Å²) in [5.41, 5.74) is 3.87. The third-order valence-corrected chi connectivity index (χ3v) is 7.53. The van der Waals surface area contributed by atoms with Gasteiger partial charge in [-0.15, -0.1) is 0 Å². The fraction of sp³-hybridized carbons (Fsp3) is 0.250. The molecule has 3 unspecified atom stereocenters. The molecule has 38 heavy (non-hydrogen) atoms. The van der Waals surface area contributed by atoms with E-state index in [1.54, 1.807) is 17.0 Å². The molecule has 0 saturated heterocycles. The van der Waals surface area contributed by atoms with Crippen molar-refractivity contribution >= 4 is 45.4 Å². The van der Waals surface area contributed by atoms with Gasteiger partial charge in [-0.3, -0.25) is 9.59 Å². The molecule has 0 bridgehead atoms. The number of aliphatic hydroxyl groups excluding tert-OH is 1. The lowest BCUT2D eigenvalue weighted by Gasteiger charge is -2.38. The summed E-state index contributed by atoms with van der Waals surface area (Å²) in [5, 5.41) is 17.6. The molecular formula is C32H31ClN2O3. The van der Waals surface area contributed by atoms with Gasteiger partial charge < -0.3 is 15.3 Å². The van der Waals surface area contributed by atoms with Crippen LogP contribution >= 0.6 is 11.6 Å². The maximum Gasteiger partial charge on any atom is 0.240 e. The summed E-state index contributed by atoms with van der Waals surface area (Å²) in [6.07, 6.45) is -0.140. The predicted octanol–water partition coefficient (Wildman–Crippen LogP) is 6.50. The Morgan fingerprint density at radius 3 is 2.47 bits per heavy atom. The number of nitrogens with zero attached hydrogens (tertiary/aromatic N) is 1. The summed E-state index contributed by atoms with van der Waals surface area (Å²) in [6, 6.07) is 26.2. The number of ketones is 1. The van der Waals surface area contributed by atoms with Crippen molar-refractivity contribution in [2.45, 2.75) is 38.8 Å². The number of aliphatic hydroxyl groups is 1. The number of Topliss-reactive ketones (excluding diaryl/α,β-unsaturated/α-hetero) is 1. The first kappa shape index (κ1) is 26.0. The smallest absolute Gasteiger partial charge is 0.240 e. The molecule has 1 aliphatic rings. The van der Waals surface area contributed by atoms with E-state index in [2.05, 4.69) is 5.32 Å². The second-order valence-corrected chi connectivity index (χ2v) is 10.3. The number of hydrogen-bond donors (Lipinski definition) is 2. The average Bonchev–Trinajstić information content (AvgIpc) is 2.91. The minimum Gasteiger partial charge on any atom is -0.387 e. The van der Waals surface area contributed by atoms with E-state index in [0.29, 0.717) is 29.2 Å². The minimum absolute atomic E-state index is 0.333. The Morgan fingerprint density at radius 1 is 1.00 bits per heavy atom. The highest BCUT2D eigenvalue weighted by molar-refractivity contribution is 6.30. The van der Waals surface area contributed by atoms with Crippen LogP contribution < -0.4 is 10.2 Å². The highest BCUT2D eigenvalue weighted by Gasteiger charge is 2.46. The fourth-order valence-corrected chi connectivity index (χ4v) is 5.51. The largest absolute Gasteiger partial charge is 0.387 e. The van der Waals surface area contributed by atoms with Crippen LogP contribution in [0.25, 0.3) is 10.8 Å². The van der Waals surface area contributed by atoms with Gasteiger partial charge in [0.05, 0.1) is 12.1 Å². The standard InChI is InChI=1S/C32H31ClN2O3/c1-3-17-35-27-10-6-7-20(2)28(27)31(37)29(32(35)38)30(36)26(18-21-11-14-24(33)15-12-21)34-25-16-13-22-8-4-5-9-23(22)19-25/h4-16,19,26,29,31,34,37H,3,17-18H2,1-2H3. The Hall–Kier alpha value is -3.67. The Labute approximate surface area is 228 Å². The number of halogens is 1. The number of rotatable bonds is 8. The molecule has 0 saturated carbocycles. The quantitative estimate of drug-likeness (QED) is 0.257. The molecule has 1 amide bonds.